The van der Waals surface area contributed by atoms with Gasteiger partial charge in [-0.25, -0.2) is 0 Å². The summed E-state index contributed by atoms with van der Waals surface area (Å²) in [5.74, 6) is 0. The maximum atomic E-state index is 6.28. The van der Waals surface area contributed by atoms with Gasteiger partial charge in [-0.15, -0.1) is 11.3 Å². The van der Waals surface area contributed by atoms with Gasteiger partial charge in [0, 0.05) is 8.45 Å². The Balaban J connectivity index is 2.41. The molecule has 1 heterocycles. The van der Waals surface area contributed by atoms with Crippen LogP contribution < -0.4 is 5.32 Å². The molecular weight excluding hydrogens is 469 g/mol. The molecule has 0 amide bonds. The number of hydrogen-bond acceptors (Lipinski definition) is 2. The SMILES string of the molecule is CCCNC(c1ccc(I)c(Cl)c1)c1cc(Br)sc1C. The van der Waals surface area contributed by atoms with E-state index in [2.05, 4.69) is 82.0 Å². The third kappa shape index (κ3) is 3.97. The van der Waals surface area contributed by atoms with Crippen LogP contribution in [-0.4, -0.2) is 6.54 Å². The van der Waals surface area contributed by atoms with Crippen molar-refractivity contribution in [1.82, 2.24) is 5.32 Å². The Hall–Kier alpha value is 0.380. The average molecular weight is 485 g/mol. The van der Waals surface area contributed by atoms with Crippen LogP contribution in [0.1, 0.15) is 35.4 Å². The van der Waals surface area contributed by atoms with Gasteiger partial charge in [0.15, 0.2) is 0 Å². The zero-order valence-electron chi connectivity index (χ0n) is 11.3. The molecule has 1 atom stereocenters. The molecule has 108 valence electrons. The molecule has 2 aromatic rings. The second-order valence-corrected chi connectivity index (χ2v) is 8.83. The summed E-state index contributed by atoms with van der Waals surface area (Å²) in [5, 5.41) is 4.45. The van der Waals surface area contributed by atoms with Crippen LogP contribution in [0, 0.1) is 10.5 Å². The topological polar surface area (TPSA) is 12.0 Å². The summed E-state index contributed by atoms with van der Waals surface area (Å²) in [7, 11) is 0. The molecule has 0 spiro atoms. The largest absolute Gasteiger partial charge is 0.306 e. The fraction of sp³-hybridized carbons (Fsp3) is 0.333. The predicted octanol–water partition coefficient (Wildman–Crippen LogP) is 6.17. The summed E-state index contributed by atoms with van der Waals surface area (Å²) in [6, 6.07) is 8.72. The van der Waals surface area contributed by atoms with E-state index in [0.717, 1.165) is 21.6 Å². The van der Waals surface area contributed by atoms with Crippen molar-refractivity contribution in [3.63, 3.8) is 0 Å². The first kappa shape index (κ1) is 16.7. The predicted molar refractivity (Wildman–Crippen MR) is 101 cm³/mol. The smallest absolute Gasteiger partial charge is 0.0704 e. The number of thiophene rings is 1. The van der Waals surface area contributed by atoms with Gasteiger partial charge in [-0.1, -0.05) is 24.6 Å². The minimum atomic E-state index is 0.201. The van der Waals surface area contributed by atoms with Gasteiger partial charge in [0.05, 0.1) is 14.9 Å². The molecule has 1 unspecified atom stereocenters. The van der Waals surface area contributed by atoms with Gasteiger partial charge in [0.25, 0.3) is 0 Å². The molecule has 1 nitrogen and oxygen atoms in total. The highest BCUT2D eigenvalue weighted by Gasteiger charge is 2.18. The second-order valence-electron chi connectivity index (χ2n) is 4.62. The van der Waals surface area contributed by atoms with Gasteiger partial charge in [0.2, 0.25) is 0 Å². The van der Waals surface area contributed by atoms with Gasteiger partial charge in [-0.05, 0) is 87.7 Å². The molecule has 1 aromatic carbocycles. The third-order valence-electron chi connectivity index (χ3n) is 3.11. The van der Waals surface area contributed by atoms with Crippen molar-refractivity contribution in [1.29, 1.82) is 0 Å². The number of aryl methyl sites for hydroxylation is 1. The van der Waals surface area contributed by atoms with E-state index < -0.39 is 0 Å². The Morgan fingerprint density at radius 3 is 2.70 bits per heavy atom. The first-order valence-electron chi connectivity index (χ1n) is 6.47. The molecule has 2 rings (SSSR count). The Kier molecular flexibility index (Phi) is 6.35. The van der Waals surface area contributed by atoms with Gasteiger partial charge in [0.1, 0.15) is 0 Å². The van der Waals surface area contributed by atoms with Crippen molar-refractivity contribution in [2.24, 2.45) is 0 Å². The lowest BCUT2D eigenvalue weighted by Crippen LogP contribution is -2.23. The van der Waals surface area contributed by atoms with Crippen LogP contribution in [0.2, 0.25) is 5.02 Å². The zero-order chi connectivity index (χ0) is 14.7. The summed E-state index contributed by atoms with van der Waals surface area (Å²) in [5.41, 5.74) is 2.55. The summed E-state index contributed by atoms with van der Waals surface area (Å²) < 4.78 is 2.26. The van der Waals surface area contributed by atoms with Crippen molar-refractivity contribution < 1.29 is 0 Å². The van der Waals surface area contributed by atoms with Gasteiger partial charge in [-0.3, -0.25) is 0 Å². The van der Waals surface area contributed by atoms with Gasteiger partial charge < -0.3 is 5.32 Å². The number of halogens is 3. The fourth-order valence-corrected chi connectivity index (χ4v) is 4.41. The van der Waals surface area contributed by atoms with Crippen molar-refractivity contribution >= 4 is 61.5 Å². The third-order valence-corrected chi connectivity index (χ3v) is 6.25. The highest BCUT2D eigenvalue weighted by atomic mass is 127. The normalized spacial score (nSPS) is 12.7. The van der Waals surface area contributed by atoms with Crippen LogP contribution in [0.3, 0.4) is 0 Å². The molecule has 0 aliphatic heterocycles. The minimum Gasteiger partial charge on any atom is -0.306 e. The Morgan fingerprint density at radius 2 is 2.15 bits per heavy atom. The molecular formula is C15H16BrClINS. The van der Waals surface area contributed by atoms with E-state index in [1.54, 1.807) is 11.3 Å². The molecule has 0 radical (unpaired) electrons. The van der Waals surface area contributed by atoms with E-state index in [1.165, 1.54) is 19.8 Å². The maximum Gasteiger partial charge on any atom is 0.0704 e. The molecule has 20 heavy (non-hydrogen) atoms. The molecule has 0 aliphatic rings. The van der Waals surface area contributed by atoms with E-state index in [-0.39, 0.29) is 6.04 Å². The molecule has 0 fully saturated rings. The second kappa shape index (κ2) is 7.58. The van der Waals surface area contributed by atoms with Crippen molar-refractivity contribution in [3.8, 4) is 0 Å². The van der Waals surface area contributed by atoms with Crippen LogP contribution in [0.15, 0.2) is 28.1 Å². The lowest BCUT2D eigenvalue weighted by Gasteiger charge is -2.20. The van der Waals surface area contributed by atoms with Crippen molar-refractivity contribution in [2.45, 2.75) is 26.3 Å². The first-order chi connectivity index (χ1) is 9.52. The number of nitrogens with one attached hydrogen (secondary N) is 1. The first-order valence-corrected chi connectivity index (χ1v) is 9.53. The number of hydrogen-bond donors (Lipinski definition) is 1. The summed E-state index contributed by atoms with van der Waals surface area (Å²) in [6.07, 6.45) is 1.11. The molecule has 5 heteroatoms. The number of benzene rings is 1. The van der Waals surface area contributed by atoms with E-state index >= 15 is 0 Å². The Bertz CT molecular complexity index is 600. The molecule has 0 saturated heterocycles. The van der Waals surface area contributed by atoms with Crippen LogP contribution in [0.5, 0.6) is 0 Å². The Labute approximate surface area is 151 Å². The van der Waals surface area contributed by atoms with E-state index in [4.69, 9.17) is 11.6 Å². The molecule has 1 aromatic heterocycles. The van der Waals surface area contributed by atoms with Crippen LogP contribution in [0.25, 0.3) is 0 Å². The van der Waals surface area contributed by atoms with Crippen LogP contribution >= 0.6 is 61.5 Å². The maximum absolute atomic E-state index is 6.28. The highest BCUT2D eigenvalue weighted by Crippen LogP contribution is 2.35. The minimum absolute atomic E-state index is 0.201. The number of rotatable bonds is 5. The summed E-state index contributed by atoms with van der Waals surface area (Å²) >= 11 is 13.9. The van der Waals surface area contributed by atoms with Crippen molar-refractivity contribution in [3.05, 3.63) is 52.6 Å². The molecule has 0 bridgehead atoms. The summed E-state index contributed by atoms with van der Waals surface area (Å²) in [6.45, 7) is 5.34. The van der Waals surface area contributed by atoms with Crippen LogP contribution in [0.4, 0.5) is 0 Å². The standard InChI is InChI=1S/C15H16BrClINS/c1-3-6-19-15(11-8-14(16)20-9(11)2)10-4-5-13(18)12(17)7-10/h4-5,7-8,15,19H,3,6H2,1-2H3. The monoisotopic (exact) mass is 483 g/mol. The molecule has 0 aliphatic carbocycles. The zero-order valence-corrected chi connectivity index (χ0v) is 16.7. The highest BCUT2D eigenvalue weighted by molar-refractivity contribution is 14.1. The average Bonchev–Trinajstić information content (AvgIpc) is 2.73. The van der Waals surface area contributed by atoms with E-state index in [9.17, 15) is 0 Å². The van der Waals surface area contributed by atoms with E-state index in [0.29, 0.717) is 0 Å². The lowest BCUT2D eigenvalue weighted by molar-refractivity contribution is 0.598. The summed E-state index contributed by atoms with van der Waals surface area (Å²) in [4.78, 5) is 1.33. The van der Waals surface area contributed by atoms with E-state index in [1.807, 2.05) is 0 Å². The quantitative estimate of drug-likeness (QED) is 0.501. The Morgan fingerprint density at radius 1 is 1.40 bits per heavy atom. The van der Waals surface area contributed by atoms with Crippen molar-refractivity contribution in [2.75, 3.05) is 6.54 Å². The fourth-order valence-electron chi connectivity index (χ4n) is 2.13. The van der Waals surface area contributed by atoms with Gasteiger partial charge >= 0.3 is 0 Å². The van der Waals surface area contributed by atoms with Gasteiger partial charge in [-0.2, -0.15) is 0 Å². The molecule has 0 saturated carbocycles. The van der Waals surface area contributed by atoms with Crippen LogP contribution in [-0.2, 0) is 0 Å². The lowest BCUT2D eigenvalue weighted by atomic mass is 9.99. The molecule has 1 N–H and O–H groups in total.